The van der Waals surface area contributed by atoms with Gasteiger partial charge in [0.05, 0.1) is 0 Å². The number of alkyl halides is 1. The average Bonchev–Trinajstić information content (AvgIpc) is 2.52. The minimum atomic E-state index is -0.675. The summed E-state index contributed by atoms with van der Waals surface area (Å²) in [5.74, 6) is 0. The van der Waals surface area contributed by atoms with Crippen LogP contribution >= 0.6 is 0 Å². The van der Waals surface area contributed by atoms with Crippen LogP contribution in [0.15, 0.2) is 24.3 Å². The summed E-state index contributed by atoms with van der Waals surface area (Å²) in [7, 11) is 0. The zero-order chi connectivity index (χ0) is 9.26. The van der Waals surface area contributed by atoms with Crippen molar-refractivity contribution < 1.29 is 4.39 Å². The van der Waals surface area contributed by atoms with E-state index in [-0.39, 0.29) is 6.04 Å². The molecule has 70 valence electrons. The summed E-state index contributed by atoms with van der Waals surface area (Å²) in [5.41, 5.74) is 2.45. The normalized spacial score (nSPS) is 27.8. The maximum atomic E-state index is 12.9. The summed E-state index contributed by atoms with van der Waals surface area (Å²) in [5, 5.41) is 3.17. The number of hydrogen-bond acceptors (Lipinski definition) is 1. The van der Waals surface area contributed by atoms with Gasteiger partial charge in [-0.1, -0.05) is 29.8 Å². The van der Waals surface area contributed by atoms with Crippen LogP contribution in [0.3, 0.4) is 0 Å². The lowest BCUT2D eigenvalue weighted by atomic mass is 10.0. The van der Waals surface area contributed by atoms with E-state index >= 15 is 0 Å². The van der Waals surface area contributed by atoms with E-state index in [9.17, 15) is 4.39 Å². The molecule has 1 aliphatic rings. The van der Waals surface area contributed by atoms with Gasteiger partial charge in [0, 0.05) is 12.6 Å². The number of aryl methyl sites for hydroxylation is 1. The maximum Gasteiger partial charge on any atom is 0.114 e. The van der Waals surface area contributed by atoms with E-state index in [1.165, 1.54) is 11.1 Å². The summed E-state index contributed by atoms with van der Waals surface area (Å²) < 4.78 is 12.9. The van der Waals surface area contributed by atoms with Crippen LogP contribution in [0.2, 0.25) is 0 Å². The molecule has 0 aromatic heterocycles. The first-order valence-corrected chi connectivity index (χ1v) is 4.70. The Morgan fingerprint density at radius 2 is 2.31 bits per heavy atom. The van der Waals surface area contributed by atoms with E-state index in [1.807, 2.05) is 6.07 Å². The second kappa shape index (κ2) is 3.46. The molecule has 1 aromatic rings. The number of hydrogen-bond donors (Lipinski definition) is 1. The van der Waals surface area contributed by atoms with Crippen LogP contribution in [0.25, 0.3) is 0 Å². The Hall–Kier alpha value is -0.890. The van der Waals surface area contributed by atoms with Crippen LogP contribution in [0.4, 0.5) is 4.39 Å². The Bertz CT molecular complexity index is 298. The predicted octanol–water partition coefficient (Wildman–Crippen LogP) is 2.37. The highest BCUT2D eigenvalue weighted by Crippen LogP contribution is 2.25. The Balaban J connectivity index is 2.16. The number of rotatable bonds is 1. The maximum absolute atomic E-state index is 12.9. The molecule has 2 unspecified atom stereocenters. The van der Waals surface area contributed by atoms with E-state index < -0.39 is 6.17 Å². The summed E-state index contributed by atoms with van der Waals surface area (Å²) in [6.07, 6.45) is -0.0609. The van der Waals surface area contributed by atoms with E-state index in [0.29, 0.717) is 13.0 Å². The van der Waals surface area contributed by atoms with E-state index in [4.69, 9.17) is 0 Å². The topological polar surface area (TPSA) is 12.0 Å². The van der Waals surface area contributed by atoms with Gasteiger partial charge in [0.25, 0.3) is 0 Å². The van der Waals surface area contributed by atoms with Crippen molar-refractivity contribution in [2.45, 2.75) is 25.6 Å². The van der Waals surface area contributed by atoms with Gasteiger partial charge in [-0.3, -0.25) is 0 Å². The Morgan fingerprint density at radius 1 is 1.46 bits per heavy atom. The summed E-state index contributed by atoms with van der Waals surface area (Å²) in [6, 6.07) is 8.48. The largest absolute Gasteiger partial charge is 0.307 e. The summed E-state index contributed by atoms with van der Waals surface area (Å²) in [4.78, 5) is 0. The smallest absolute Gasteiger partial charge is 0.114 e. The van der Waals surface area contributed by atoms with Crippen molar-refractivity contribution >= 4 is 0 Å². The minimum Gasteiger partial charge on any atom is -0.307 e. The van der Waals surface area contributed by atoms with Crippen molar-refractivity contribution in [3.8, 4) is 0 Å². The van der Waals surface area contributed by atoms with Crippen LogP contribution < -0.4 is 5.32 Å². The first-order valence-electron chi connectivity index (χ1n) is 4.70. The van der Waals surface area contributed by atoms with Crippen LogP contribution in [-0.4, -0.2) is 12.7 Å². The first-order chi connectivity index (χ1) is 6.25. The van der Waals surface area contributed by atoms with Crippen LogP contribution in [-0.2, 0) is 0 Å². The lowest BCUT2D eigenvalue weighted by molar-refractivity contribution is 0.356. The van der Waals surface area contributed by atoms with E-state index in [1.54, 1.807) is 0 Å². The molecule has 2 heteroatoms. The molecule has 1 fully saturated rings. The van der Waals surface area contributed by atoms with Crippen molar-refractivity contribution in [2.75, 3.05) is 6.54 Å². The monoisotopic (exact) mass is 179 g/mol. The fourth-order valence-corrected chi connectivity index (χ4v) is 1.83. The third-order valence-electron chi connectivity index (χ3n) is 2.52. The average molecular weight is 179 g/mol. The van der Waals surface area contributed by atoms with Gasteiger partial charge in [-0.15, -0.1) is 0 Å². The molecule has 0 amide bonds. The minimum absolute atomic E-state index is 0.217. The van der Waals surface area contributed by atoms with Crippen LogP contribution in [0, 0.1) is 6.92 Å². The van der Waals surface area contributed by atoms with Crippen molar-refractivity contribution in [2.24, 2.45) is 0 Å². The van der Waals surface area contributed by atoms with Crippen molar-refractivity contribution in [3.63, 3.8) is 0 Å². The molecule has 0 aliphatic carbocycles. The zero-order valence-electron chi connectivity index (χ0n) is 7.76. The molecule has 1 aromatic carbocycles. The number of benzene rings is 1. The molecule has 0 bridgehead atoms. The molecular weight excluding hydrogens is 165 g/mol. The van der Waals surface area contributed by atoms with Crippen LogP contribution in [0.1, 0.15) is 23.6 Å². The summed E-state index contributed by atoms with van der Waals surface area (Å²) in [6.45, 7) is 2.56. The fourth-order valence-electron chi connectivity index (χ4n) is 1.83. The lowest BCUT2D eigenvalue weighted by Gasteiger charge is -2.10. The highest BCUT2D eigenvalue weighted by molar-refractivity contribution is 5.25. The zero-order valence-corrected chi connectivity index (χ0v) is 7.76. The molecule has 2 atom stereocenters. The van der Waals surface area contributed by atoms with Gasteiger partial charge in [-0.25, -0.2) is 4.39 Å². The molecule has 13 heavy (non-hydrogen) atoms. The van der Waals surface area contributed by atoms with Gasteiger partial charge in [-0.05, 0) is 18.9 Å². The molecule has 1 nitrogen and oxygen atoms in total. The van der Waals surface area contributed by atoms with Gasteiger partial charge in [0.15, 0.2) is 0 Å². The molecular formula is C11H14FN. The summed E-state index contributed by atoms with van der Waals surface area (Å²) >= 11 is 0. The van der Waals surface area contributed by atoms with Crippen molar-refractivity contribution in [3.05, 3.63) is 35.4 Å². The Morgan fingerprint density at radius 3 is 2.92 bits per heavy atom. The highest BCUT2D eigenvalue weighted by Gasteiger charge is 2.24. The van der Waals surface area contributed by atoms with E-state index in [0.717, 1.165) is 0 Å². The van der Waals surface area contributed by atoms with E-state index in [2.05, 4.69) is 30.4 Å². The Labute approximate surface area is 78.0 Å². The molecule has 0 radical (unpaired) electrons. The lowest BCUT2D eigenvalue weighted by Crippen LogP contribution is -2.13. The van der Waals surface area contributed by atoms with Crippen LogP contribution in [0.5, 0.6) is 0 Å². The Kier molecular flexibility index (Phi) is 2.32. The number of nitrogens with one attached hydrogen (secondary N) is 1. The SMILES string of the molecule is Cc1cccc(C2CC(F)CN2)c1. The second-order valence-electron chi connectivity index (χ2n) is 3.71. The quantitative estimate of drug-likeness (QED) is 0.698. The van der Waals surface area contributed by atoms with Gasteiger partial charge in [-0.2, -0.15) is 0 Å². The molecule has 0 spiro atoms. The third-order valence-corrected chi connectivity index (χ3v) is 2.52. The highest BCUT2D eigenvalue weighted by atomic mass is 19.1. The molecule has 2 rings (SSSR count). The number of halogens is 1. The third kappa shape index (κ3) is 1.89. The molecule has 0 saturated carbocycles. The van der Waals surface area contributed by atoms with Gasteiger partial charge >= 0.3 is 0 Å². The van der Waals surface area contributed by atoms with Crippen molar-refractivity contribution in [1.82, 2.24) is 5.32 Å². The first kappa shape index (κ1) is 8.70. The predicted molar refractivity (Wildman–Crippen MR) is 51.4 cm³/mol. The standard InChI is InChI=1S/C11H14FN/c1-8-3-2-4-9(5-8)11-6-10(12)7-13-11/h2-5,10-11,13H,6-7H2,1H3. The van der Waals surface area contributed by atoms with Gasteiger partial charge in [0.1, 0.15) is 6.17 Å². The van der Waals surface area contributed by atoms with Crippen molar-refractivity contribution in [1.29, 1.82) is 0 Å². The molecule has 1 N–H and O–H groups in total. The van der Waals surface area contributed by atoms with Gasteiger partial charge in [0.2, 0.25) is 0 Å². The fraction of sp³-hybridized carbons (Fsp3) is 0.455. The van der Waals surface area contributed by atoms with Gasteiger partial charge < -0.3 is 5.32 Å². The molecule has 1 heterocycles. The molecule has 1 saturated heterocycles. The second-order valence-corrected chi connectivity index (χ2v) is 3.71. The molecule has 1 aliphatic heterocycles.